The molecule has 0 radical (unpaired) electrons. The van der Waals surface area contributed by atoms with Crippen LogP contribution in [0.15, 0.2) is 12.1 Å². The fraction of sp³-hybridized carbons (Fsp3) is 0.714. The molecule has 2 aliphatic carbocycles. The van der Waals surface area contributed by atoms with Gasteiger partial charge in [0, 0.05) is 0 Å². The molecule has 122 valence electrons. The molecule has 0 aliphatic heterocycles. The molecule has 22 heavy (non-hydrogen) atoms. The monoisotopic (exact) mass is 302 g/mol. The Balaban J connectivity index is 1.61. The summed E-state index contributed by atoms with van der Waals surface area (Å²) in [7, 11) is 0. The number of aryl methyl sites for hydroxylation is 1. The molecule has 0 N–H and O–H groups in total. The first kappa shape index (κ1) is 16.0. The molecule has 0 unspecified atom stereocenters. The summed E-state index contributed by atoms with van der Waals surface area (Å²) in [5.41, 5.74) is 2.96. The summed E-state index contributed by atoms with van der Waals surface area (Å²) in [5, 5.41) is 0. The zero-order valence-electron chi connectivity index (χ0n) is 14.5. The van der Waals surface area contributed by atoms with Gasteiger partial charge in [0.1, 0.15) is 5.82 Å². The van der Waals surface area contributed by atoms with Gasteiger partial charge in [-0.3, -0.25) is 0 Å². The maximum Gasteiger partial charge on any atom is 0.129 e. The molecule has 1 aromatic rings. The summed E-state index contributed by atoms with van der Waals surface area (Å²) in [6, 6.07) is 4.15. The van der Waals surface area contributed by atoms with E-state index in [0.717, 1.165) is 28.9 Å². The maximum absolute atomic E-state index is 14.2. The number of hydrogen-bond donors (Lipinski definition) is 0. The lowest BCUT2D eigenvalue weighted by molar-refractivity contribution is 0.165. The molecule has 0 aromatic heterocycles. The van der Waals surface area contributed by atoms with Gasteiger partial charge in [-0.1, -0.05) is 31.9 Å². The van der Waals surface area contributed by atoms with E-state index in [1.165, 1.54) is 56.9 Å². The quantitative estimate of drug-likeness (QED) is 0.581. The summed E-state index contributed by atoms with van der Waals surface area (Å²) in [5.74, 6) is 3.48. The van der Waals surface area contributed by atoms with Crippen molar-refractivity contribution in [2.24, 2.45) is 17.8 Å². The molecule has 1 heteroatoms. The molecule has 0 atom stereocenters. The molecule has 2 fully saturated rings. The van der Waals surface area contributed by atoms with Crippen molar-refractivity contribution in [3.63, 3.8) is 0 Å². The topological polar surface area (TPSA) is 0 Å². The summed E-state index contributed by atoms with van der Waals surface area (Å²) in [6.45, 7) is 6.24. The summed E-state index contributed by atoms with van der Waals surface area (Å²) in [4.78, 5) is 0. The lowest BCUT2D eigenvalue weighted by Crippen LogP contribution is -2.25. The van der Waals surface area contributed by atoms with E-state index in [1.54, 1.807) is 0 Å². The van der Waals surface area contributed by atoms with Crippen molar-refractivity contribution in [2.75, 3.05) is 0 Å². The summed E-state index contributed by atoms with van der Waals surface area (Å²) >= 11 is 0. The predicted octanol–water partition coefficient (Wildman–Crippen LogP) is 6.54. The Labute approximate surface area is 135 Å². The van der Waals surface area contributed by atoms with Crippen molar-refractivity contribution in [1.82, 2.24) is 0 Å². The normalized spacial score (nSPS) is 32.9. The van der Waals surface area contributed by atoms with Crippen molar-refractivity contribution < 1.29 is 4.39 Å². The van der Waals surface area contributed by atoms with Crippen LogP contribution in [-0.2, 0) is 0 Å². The molecule has 0 heterocycles. The van der Waals surface area contributed by atoms with Gasteiger partial charge in [-0.05, 0) is 92.7 Å². The van der Waals surface area contributed by atoms with Crippen molar-refractivity contribution in [3.05, 3.63) is 34.6 Å². The van der Waals surface area contributed by atoms with Crippen LogP contribution in [0.3, 0.4) is 0 Å². The van der Waals surface area contributed by atoms with E-state index in [0.29, 0.717) is 5.92 Å². The van der Waals surface area contributed by atoms with E-state index in [1.807, 2.05) is 19.9 Å². The van der Waals surface area contributed by atoms with Gasteiger partial charge in [0.2, 0.25) is 0 Å². The highest BCUT2D eigenvalue weighted by Crippen LogP contribution is 2.44. The van der Waals surface area contributed by atoms with E-state index in [-0.39, 0.29) is 5.82 Å². The molecule has 2 aliphatic rings. The molecule has 1 aromatic carbocycles. The summed E-state index contributed by atoms with van der Waals surface area (Å²) in [6.07, 6.45) is 11.0. The smallest absolute Gasteiger partial charge is 0.129 e. The van der Waals surface area contributed by atoms with E-state index in [2.05, 4.69) is 13.0 Å². The van der Waals surface area contributed by atoms with E-state index in [4.69, 9.17) is 0 Å². The largest absolute Gasteiger partial charge is 0.206 e. The Morgan fingerprint density at radius 3 is 1.95 bits per heavy atom. The third kappa shape index (κ3) is 3.24. The van der Waals surface area contributed by atoms with Gasteiger partial charge in [0.05, 0.1) is 0 Å². The minimum Gasteiger partial charge on any atom is -0.206 e. The number of benzene rings is 1. The predicted molar refractivity (Wildman–Crippen MR) is 91.7 cm³/mol. The van der Waals surface area contributed by atoms with Crippen LogP contribution < -0.4 is 0 Å². The Bertz CT molecular complexity index is 503. The SMILES string of the molecule is Cc1ccc(C2CCC(C3CCC(C)CC3)CC2)c(C)c1F. The Morgan fingerprint density at radius 2 is 1.36 bits per heavy atom. The number of halogens is 1. The Kier molecular flexibility index (Phi) is 4.90. The third-order valence-corrected chi connectivity index (χ3v) is 6.56. The van der Waals surface area contributed by atoms with Crippen LogP contribution in [0.5, 0.6) is 0 Å². The van der Waals surface area contributed by atoms with Crippen LogP contribution >= 0.6 is 0 Å². The molecular weight excluding hydrogens is 271 g/mol. The van der Waals surface area contributed by atoms with E-state index >= 15 is 0 Å². The highest BCUT2D eigenvalue weighted by atomic mass is 19.1. The molecule has 0 spiro atoms. The third-order valence-electron chi connectivity index (χ3n) is 6.56. The highest BCUT2D eigenvalue weighted by molar-refractivity contribution is 5.35. The van der Waals surface area contributed by atoms with Crippen molar-refractivity contribution >= 4 is 0 Å². The standard InChI is InChI=1S/C21H31F/c1-14-4-7-17(8-5-14)18-9-11-19(12-10-18)20-13-6-15(2)21(22)16(20)3/h6,13-14,17-19H,4-5,7-12H2,1-3H3. The first-order valence-corrected chi connectivity index (χ1v) is 9.32. The average Bonchev–Trinajstić information content (AvgIpc) is 2.54. The Hall–Kier alpha value is -0.850. The van der Waals surface area contributed by atoms with Gasteiger partial charge in [0.25, 0.3) is 0 Å². The molecule has 0 saturated heterocycles. The van der Waals surface area contributed by atoms with Gasteiger partial charge in [-0.2, -0.15) is 0 Å². The molecule has 0 amide bonds. The van der Waals surface area contributed by atoms with Gasteiger partial charge in [-0.25, -0.2) is 4.39 Å². The van der Waals surface area contributed by atoms with Crippen molar-refractivity contribution in [2.45, 2.75) is 78.1 Å². The maximum atomic E-state index is 14.2. The van der Waals surface area contributed by atoms with Crippen LogP contribution in [0.2, 0.25) is 0 Å². The van der Waals surface area contributed by atoms with E-state index in [9.17, 15) is 4.39 Å². The van der Waals surface area contributed by atoms with Crippen molar-refractivity contribution in [3.8, 4) is 0 Å². The average molecular weight is 302 g/mol. The van der Waals surface area contributed by atoms with Gasteiger partial charge < -0.3 is 0 Å². The molecule has 3 rings (SSSR count). The second-order valence-corrected chi connectivity index (χ2v) is 8.04. The fourth-order valence-corrected chi connectivity index (χ4v) is 4.94. The van der Waals surface area contributed by atoms with Gasteiger partial charge >= 0.3 is 0 Å². The Morgan fingerprint density at radius 1 is 0.818 bits per heavy atom. The van der Waals surface area contributed by atoms with Crippen LogP contribution in [0.4, 0.5) is 4.39 Å². The van der Waals surface area contributed by atoms with E-state index < -0.39 is 0 Å². The zero-order valence-corrected chi connectivity index (χ0v) is 14.5. The van der Waals surface area contributed by atoms with Crippen LogP contribution in [0, 0.1) is 37.4 Å². The van der Waals surface area contributed by atoms with Crippen LogP contribution in [-0.4, -0.2) is 0 Å². The second kappa shape index (κ2) is 6.72. The van der Waals surface area contributed by atoms with Crippen molar-refractivity contribution in [1.29, 1.82) is 0 Å². The molecule has 2 saturated carbocycles. The first-order valence-electron chi connectivity index (χ1n) is 9.32. The van der Waals surface area contributed by atoms with Gasteiger partial charge in [-0.15, -0.1) is 0 Å². The molecular formula is C21H31F. The number of hydrogen-bond acceptors (Lipinski definition) is 0. The minimum absolute atomic E-state index is 0.0147. The molecule has 0 nitrogen and oxygen atoms in total. The fourth-order valence-electron chi connectivity index (χ4n) is 4.94. The van der Waals surface area contributed by atoms with Crippen LogP contribution in [0.1, 0.15) is 80.9 Å². The zero-order chi connectivity index (χ0) is 15.7. The molecule has 0 bridgehead atoms. The van der Waals surface area contributed by atoms with Crippen LogP contribution in [0.25, 0.3) is 0 Å². The highest BCUT2D eigenvalue weighted by Gasteiger charge is 2.31. The first-order chi connectivity index (χ1) is 10.6. The second-order valence-electron chi connectivity index (χ2n) is 8.04. The lowest BCUT2D eigenvalue weighted by Gasteiger charge is -2.37. The summed E-state index contributed by atoms with van der Waals surface area (Å²) < 4.78 is 14.2. The minimum atomic E-state index is 0.0147. The van der Waals surface area contributed by atoms with Gasteiger partial charge in [0.15, 0.2) is 0 Å². The lowest BCUT2D eigenvalue weighted by atomic mass is 9.68. The number of rotatable bonds is 2.